The Kier molecular flexibility index (Phi) is 4.30. The van der Waals surface area contributed by atoms with Crippen molar-refractivity contribution in [1.82, 2.24) is 0 Å². The van der Waals surface area contributed by atoms with Crippen molar-refractivity contribution < 1.29 is 23.4 Å². The maximum atomic E-state index is 14.5. The minimum absolute atomic E-state index is 0.0243. The lowest BCUT2D eigenvalue weighted by Gasteiger charge is -2.19. The van der Waals surface area contributed by atoms with Crippen LogP contribution in [0.25, 0.3) is 16.7 Å². The Morgan fingerprint density at radius 3 is 2.38 bits per heavy atom. The fourth-order valence-corrected chi connectivity index (χ4v) is 5.37. The summed E-state index contributed by atoms with van der Waals surface area (Å²) in [5.74, 6) is -2.30. The molecule has 2 aliphatic heterocycles. The second kappa shape index (κ2) is 6.64. The van der Waals surface area contributed by atoms with E-state index in [0.717, 1.165) is 30.5 Å². The van der Waals surface area contributed by atoms with Crippen LogP contribution in [-0.2, 0) is 16.0 Å². The Morgan fingerprint density at radius 2 is 1.76 bits per heavy atom. The van der Waals surface area contributed by atoms with Crippen LogP contribution >= 0.6 is 11.6 Å². The number of hydrogen-bond acceptors (Lipinski definition) is 3. The molecule has 3 aliphatic rings. The molecule has 2 saturated heterocycles. The number of ketones is 1. The summed E-state index contributed by atoms with van der Waals surface area (Å²) in [4.78, 5) is 13.2. The van der Waals surface area contributed by atoms with E-state index < -0.39 is 11.6 Å². The van der Waals surface area contributed by atoms with Crippen molar-refractivity contribution in [2.75, 3.05) is 0 Å². The molecule has 2 unspecified atom stereocenters. The molecule has 29 heavy (non-hydrogen) atoms. The van der Waals surface area contributed by atoms with Crippen LogP contribution in [0.1, 0.15) is 30.9 Å². The summed E-state index contributed by atoms with van der Waals surface area (Å²) >= 11 is 5.74. The maximum absolute atomic E-state index is 14.5. The van der Waals surface area contributed by atoms with Crippen LogP contribution in [0.2, 0.25) is 5.02 Å². The van der Waals surface area contributed by atoms with Crippen LogP contribution < -0.4 is 0 Å². The molecule has 2 aromatic rings. The molecule has 0 aromatic heterocycles. The molecule has 4 atom stereocenters. The number of carbonyl (C=O) groups excluding carboxylic acids is 1. The molecule has 0 radical (unpaired) electrons. The average molecular weight is 417 g/mol. The van der Waals surface area contributed by atoms with Crippen LogP contribution in [-0.4, -0.2) is 23.1 Å². The largest absolute Gasteiger partial charge is 0.511 e. The summed E-state index contributed by atoms with van der Waals surface area (Å²) in [7, 11) is 0. The van der Waals surface area contributed by atoms with Crippen molar-refractivity contribution in [1.29, 1.82) is 0 Å². The van der Waals surface area contributed by atoms with Gasteiger partial charge in [0.25, 0.3) is 0 Å². The molecule has 1 aliphatic carbocycles. The van der Waals surface area contributed by atoms with Crippen LogP contribution in [0.4, 0.5) is 8.78 Å². The first-order valence-electron chi connectivity index (χ1n) is 9.81. The van der Waals surface area contributed by atoms with E-state index in [9.17, 15) is 18.7 Å². The van der Waals surface area contributed by atoms with Crippen LogP contribution in [0.5, 0.6) is 0 Å². The van der Waals surface area contributed by atoms with Crippen LogP contribution in [0.3, 0.4) is 0 Å². The van der Waals surface area contributed by atoms with Gasteiger partial charge in [-0.25, -0.2) is 8.78 Å². The molecule has 0 saturated carbocycles. The molecule has 0 spiro atoms. The normalized spacial score (nSPS) is 27.8. The number of carbonyl (C=O) groups is 1. The molecule has 2 aromatic carbocycles. The number of benzene rings is 2. The Bertz CT molecular complexity index is 1050. The van der Waals surface area contributed by atoms with E-state index in [2.05, 4.69) is 0 Å². The first kappa shape index (κ1) is 18.8. The zero-order valence-electron chi connectivity index (χ0n) is 15.7. The van der Waals surface area contributed by atoms with Gasteiger partial charge < -0.3 is 9.84 Å². The Hall–Kier alpha value is -2.24. The summed E-state index contributed by atoms with van der Waals surface area (Å²) in [6.45, 7) is 1.94. The van der Waals surface area contributed by atoms with Gasteiger partial charge in [-0.2, -0.15) is 0 Å². The standard InChI is InChI=1S/C23H19ClF2O3/c1-2-10-3-4-11(18-14(25)8-12(24)9-15(18)26)7-13(10)19-22(27)20-16-5-6-17(29-16)21(20)23(19)28/h3-4,7-9,16-17,20-21,27H,2,5-6H2,1H3/t16?,17?,20-,21+/m0/s1. The number of halogens is 3. The SMILES string of the molecule is CCc1ccc(-c2c(F)cc(Cl)cc2F)cc1C1=C(O)[C@H]2C3CCC(O3)[C@H]2C1=O. The molecular weight excluding hydrogens is 398 g/mol. The van der Waals surface area contributed by atoms with Crippen molar-refractivity contribution in [2.24, 2.45) is 11.8 Å². The molecule has 0 amide bonds. The highest BCUT2D eigenvalue weighted by Crippen LogP contribution is 2.54. The number of fused-ring (bicyclic) bond motifs is 5. The molecule has 5 rings (SSSR count). The van der Waals surface area contributed by atoms with Gasteiger partial charge in [-0.1, -0.05) is 30.7 Å². The lowest BCUT2D eigenvalue weighted by molar-refractivity contribution is -0.118. The Labute approximate surface area is 171 Å². The van der Waals surface area contributed by atoms with Gasteiger partial charge >= 0.3 is 0 Å². The fraction of sp³-hybridized carbons (Fsp3) is 0.348. The van der Waals surface area contributed by atoms with Crippen molar-refractivity contribution in [3.05, 3.63) is 63.9 Å². The monoisotopic (exact) mass is 416 g/mol. The van der Waals surface area contributed by atoms with Crippen molar-refractivity contribution in [2.45, 2.75) is 38.4 Å². The summed E-state index contributed by atoms with van der Waals surface area (Å²) in [6, 6.07) is 7.10. The third-order valence-corrected chi connectivity index (χ3v) is 6.67. The topological polar surface area (TPSA) is 46.5 Å². The van der Waals surface area contributed by atoms with E-state index >= 15 is 0 Å². The highest BCUT2D eigenvalue weighted by molar-refractivity contribution is 6.30. The summed E-state index contributed by atoms with van der Waals surface area (Å²) in [5, 5.41) is 10.9. The molecule has 6 heteroatoms. The first-order valence-corrected chi connectivity index (χ1v) is 10.2. The quantitative estimate of drug-likeness (QED) is 0.719. The average Bonchev–Trinajstić information content (AvgIpc) is 3.35. The minimum Gasteiger partial charge on any atom is -0.511 e. The summed E-state index contributed by atoms with van der Waals surface area (Å²) in [6.07, 6.45) is 1.98. The summed E-state index contributed by atoms with van der Waals surface area (Å²) < 4.78 is 34.8. The number of aliphatic hydroxyl groups is 1. The molecule has 2 fully saturated rings. The predicted molar refractivity (Wildman–Crippen MR) is 106 cm³/mol. The van der Waals surface area contributed by atoms with Gasteiger partial charge in [0.1, 0.15) is 17.4 Å². The maximum Gasteiger partial charge on any atom is 0.173 e. The van der Waals surface area contributed by atoms with Crippen molar-refractivity contribution >= 4 is 23.0 Å². The van der Waals surface area contributed by atoms with Gasteiger partial charge in [0.05, 0.1) is 35.2 Å². The van der Waals surface area contributed by atoms with Crippen molar-refractivity contribution in [3.63, 3.8) is 0 Å². The Morgan fingerprint density at radius 1 is 1.10 bits per heavy atom. The molecule has 3 nitrogen and oxygen atoms in total. The van der Waals surface area contributed by atoms with Gasteiger partial charge in [-0.05, 0) is 54.2 Å². The third kappa shape index (κ3) is 2.67. The highest BCUT2D eigenvalue weighted by Gasteiger charge is 2.59. The second-order valence-electron chi connectivity index (χ2n) is 7.94. The van der Waals surface area contributed by atoms with Crippen LogP contribution in [0.15, 0.2) is 36.1 Å². The minimum atomic E-state index is -0.774. The van der Waals surface area contributed by atoms with Crippen molar-refractivity contribution in [3.8, 4) is 11.1 Å². The smallest absolute Gasteiger partial charge is 0.173 e. The number of aryl methyl sites for hydroxylation is 1. The molecule has 1 N–H and O–H groups in total. The Balaban J connectivity index is 1.66. The van der Waals surface area contributed by atoms with Gasteiger partial charge in [-0.3, -0.25) is 4.79 Å². The van der Waals surface area contributed by atoms with E-state index in [1.165, 1.54) is 0 Å². The molecular formula is C23H19ClF2O3. The van der Waals surface area contributed by atoms with Gasteiger partial charge in [0.2, 0.25) is 0 Å². The number of allylic oxidation sites excluding steroid dienone is 1. The zero-order valence-corrected chi connectivity index (χ0v) is 16.5. The lowest BCUT2D eigenvalue weighted by Crippen LogP contribution is -2.29. The molecule has 2 bridgehead atoms. The van der Waals surface area contributed by atoms with Gasteiger partial charge in [0, 0.05) is 5.02 Å². The zero-order chi connectivity index (χ0) is 20.4. The first-order chi connectivity index (χ1) is 13.9. The van der Waals surface area contributed by atoms with E-state index in [-0.39, 0.29) is 51.7 Å². The number of rotatable bonds is 3. The van der Waals surface area contributed by atoms with E-state index in [0.29, 0.717) is 17.5 Å². The number of ether oxygens (including phenoxy) is 1. The lowest BCUT2D eigenvalue weighted by atomic mass is 9.80. The van der Waals surface area contributed by atoms with E-state index in [1.807, 2.05) is 6.92 Å². The predicted octanol–water partition coefficient (Wildman–Crippen LogP) is 5.49. The van der Waals surface area contributed by atoms with Gasteiger partial charge in [-0.15, -0.1) is 0 Å². The number of hydrogen-bond donors (Lipinski definition) is 1. The highest BCUT2D eigenvalue weighted by atomic mass is 35.5. The molecule has 2 heterocycles. The second-order valence-corrected chi connectivity index (χ2v) is 8.37. The van der Waals surface area contributed by atoms with Crippen LogP contribution in [0, 0.1) is 23.5 Å². The third-order valence-electron chi connectivity index (χ3n) is 6.45. The van der Waals surface area contributed by atoms with E-state index in [1.54, 1.807) is 18.2 Å². The molecule has 150 valence electrons. The number of Topliss-reactive ketones (excluding diaryl/α,β-unsaturated/α-hetero) is 1. The van der Waals surface area contributed by atoms with Gasteiger partial charge in [0.15, 0.2) is 5.78 Å². The fourth-order valence-electron chi connectivity index (χ4n) is 5.18. The summed E-state index contributed by atoms with van der Waals surface area (Å²) in [5.41, 5.74) is 1.75. The number of aliphatic hydroxyl groups excluding tert-OH is 1. The van der Waals surface area contributed by atoms with E-state index in [4.69, 9.17) is 16.3 Å².